The van der Waals surface area contributed by atoms with Crippen molar-refractivity contribution in [3.05, 3.63) is 29.0 Å². The Morgan fingerprint density at radius 2 is 2.00 bits per heavy atom. The van der Waals surface area contributed by atoms with Gasteiger partial charge in [-0.05, 0) is 43.7 Å². The smallest absolute Gasteiger partial charge is 0.314 e. The van der Waals surface area contributed by atoms with Crippen LogP contribution in [-0.2, 0) is 4.79 Å². The van der Waals surface area contributed by atoms with Crippen LogP contribution in [0.5, 0.6) is 5.75 Å². The van der Waals surface area contributed by atoms with Crippen molar-refractivity contribution in [3.63, 3.8) is 0 Å². The molecule has 22 heavy (non-hydrogen) atoms. The predicted molar refractivity (Wildman–Crippen MR) is 86.6 cm³/mol. The summed E-state index contributed by atoms with van der Waals surface area (Å²) in [5.74, 6) is 0.127. The summed E-state index contributed by atoms with van der Waals surface area (Å²) in [5.41, 5.74) is 0. The fourth-order valence-corrected chi connectivity index (χ4v) is 3.23. The number of halogens is 2. The van der Waals surface area contributed by atoms with Gasteiger partial charge >= 0.3 is 5.97 Å². The fourth-order valence-electron chi connectivity index (χ4n) is 3.11. The highest BCUT2D eigenvalue weighted by Crippen LogP contribution is 2.33. The molecule has 0 aliphatic heterocycles. The van der Waals surface area contributed by atoms with E-state index < -0.39 is 5.82 Å². The number of esters is 1. The average Bonchev–Trinajstić information content (AvgIpc) is 2.52. The molecule has 4 heteroatoms. The summed E-state index contributed by atoms with van der Waals surface area (Å²) in [4.78, 5) is 12.2. The number of carbonyl (C=O) groups is 1. The summed E-state index contributed by atoms with van der Waals surface area (Å²) in [5, 5.41) is 0.0346. The van der Waals surface area contributed by atoms with Crippen molar-refractivity contribution in [2.45, 2.75) is 58.3 Å². The first kappa shape index (κ1) is 17.3. The van der Waals surface area contributed by atoms with E-state index >= 15 is 0 Å². The predicted octanol–water partition coefficient (Wildman–Crippen LogP) is 5.77. The van der Waals surface area contributed by atoms with Crippen molar-refractivity contribution < 1.29 is 13.9 Å². The third kappa shape index (κ3) is 4.98. The molecule has 0 N–H and O–H groups in total. The zero-order chi connectivity index (χ0) is 15.9. The molecule has 0 radical (unpaired) electrons. The summed E-state index contributed by atoms with van der Waals surface area (Å²) < 4.78 is 18.6. The standard InChI is InChI=1S/C18H24ClFO2/c1-2-3-4-5-13-6-8-14(9-7-13)18(21)22-15-10-11-16(19)17(20)12-15/h10-14H,2-9H2,1H3/t13-,14-. The van der Waals surface area contributed by atoms with E-state index in [9.17, 15) is 9.18 Å². The van der Waals surface area contributed by atoms with Gasteiger partial charge in [0, 0.05) is 6.07 Å². The number of rotatable bonds is 6. The highest BCUT2D eigenvalue weighted by molar-refractivity contribution is 6.30. The van der Waals surface area contributed by atoms with E-state index in [1.807, 2.05) is 0 Å². The number of ether oxygens (including phenoxy) is 1. The van der Waals surface area contributed by atoms with Gasteiger partial charge in [0.1, 0.15) is 11.6 Å². The molecule has 0 bridgehead atoms. The minimum absolute atomic E-state index is 0.0346. The lowest BCUT2D eigenvalue weighted by Gasteiger charge is -2.27. The topological polar surface area (TPSA) is 26.3 Å². The maximum atomic E-state index is 13.3. The van der Waals surface area contributed by atoms with Crippen LogP contribution in [0, 0.1) is 17.7 Å². The normalized spacial score (nSPS) is 21.6. The van der Waals surface area contributed by atoms with Crippen LogP contribution in [0.1, 0.15) is 58.3 Å². The van der Waals surface area contributed by atoms with Crippen molar-refractivity contribution in [3.8, 4) is 5.75 Å². The van der Waals surface area contributed by atoms with Gasteiger partial charge in [-0.1, -0.05) is 44.2 Å². The third-order valence-corrected chi connectivity index (χ3v) is 4.81. The minimum atomic E-state index is -0.563. The van der Waals surface area contributed by atoms with Crippen LogP contribution in [0.3, 0.4) is 0 Å². The van der Waals surface area contributed by atoms with Crippen LogP contribution >= 0.6 is 11.6 Å². The number of unbranched alkanes of at least 4 members (excludes halogenated alkanes) is 2. The Labute approximate surface area is 137 Å². The largest absolute Gasteiger partial charge is 0.426 e. The Morgan fingerprint density at radius 3 is 2.64 bits per heavy atom. The van der Waals surface area contributed by atoms with E-state index in [2.05, 4.69) is 6.92 Å². The SMILES string of the molecule is CCCCC[C@H]1CC[C@H](C(=O)Oc2ccc(Cl)c(F)c2)CC1. The summed E-state index contributed by atoms with van der Waals surface area (Å²) >= 11 is 5.62. The van der Waals surface area contributed by atoms with Crippen molar-refractivity contribution in [2.24, 2.45) is 11.8 Å². The average molecular weight is 327 g/mol. The third-order valence-electron chi connectivity index (χ3n) is 4.51. The summed E-state index contributed by atoms with van der Waals surface area (Å²) in [7, 11) is 0. The monoisotopic (exact) mass is 326 g/mol. The van der Waals surface area contributed by atoms with E-state index in [-0.39, 0.29) is 22.7 Å². The number of hydrogen-bond acceptors (Lipinski definition) is 2. The van der Waals surface area contributed by atoms with Gasteiger partial charge in [0.25, 0.3) is 0 Å². The highest BCUT2D eigenvalue weighted by Gasteiger charge is 2.27. The molecular formula is C18H24ClFO2. The molecule has 122 valence electrons. The van der Waals surface area contributed by atoms with E-state index in [1.54, 1.807) is 0 Å². The number of benzene rings is 1. The second kappa shape index (κ2) is 8.52. The number of hydrogen-bond donors (Lipinski definition) is 0. The van der Waals surface area contributed by atoms with Crippen LogP contribution in [0.25, 0.3) is 0 Å². The molecular weight excluding hydrogens is 303 g/mol. The molecule has 2 nitrogen and oxygen atoms in total. The van der Waals surface area contributed by atoms with Crippen LogP contribution in [-0.4, -0.2) is 5.97 Å². The molecule has 0 saturated heterocycles. The second-order valence-corrected chi connectivity index (χ2v) is 6.62. The summed E-state index contributed by atoms with van der Waals surface area (Å²) in [6, 6.07) is 4.10. The van der Waals surface area contributed by atoms with Crippen LogP contribution in [0.15, 0.2) is 18.2 Å². The maximum Gasteiger partial charge on any atom is 0.314 e. The molecule has 0 atom stereocenters. The first-order valence-corrected chi connectivity index (χ1v) is 8.64. The molecule has 0 spiro atoms. The Hall–Kier alpha value is -1.09. The molecule has 0 amide bonds. The Kier molecular flexibility index (Phi) is 6.69. The maximum absolute atomic E-state index is 13.3. The van der Waals surface area contributed by atoms with Crippen LogP contribution < -0.4 is 4.74 Å². The van der Waals surface area contributed by atoms with Gasteiger partial charge in [0.2, 0.25) is 0 Å². The molecule has 1 aromatic rings. The summed E-state index contributed by atoms with van der Waals surface area (Å²) in [6.45, 7) is 2.21. The lowest BCUT2D eigenvalue weighted by atomic mass is 9.80. The van der Waals surface area contributed by atoms with Gasteiger partial charge in [-0.3, -0.25) is 4.79 Å². The van der Waals surface area contributed by atoms with Gasteiger partial charge in [-0.2, -0.15) is 0 Å². The van der Waals surface area contributed by atoms with Gasteiger partial charge in [-0.25, -0.2) is 4.39 Å². The molecule has 0 aromatic heterocycles. The fraction of sp³-hybridized carbons (Fsp3) is 0.611. The summed E-state index contributed by atoms with van der Waals surface area (Å²) in [6.07, 6.45) is 9.07. The van der Waals surface area contributed by atoms with Gasteiger partial charge in [-0.15, -0.1) is 0 Å². The van der Waals surface area contributed by atoms with E-state index in [4.69, 9.17) is 16.3 Å². The van der Waals surface area contributed by atoms with Crippen molar-refractivity contribution in [1.29, 1.82) is 0 Å². The molecule has 1 fully saturated rings. The molecule has 1 saturated carbocycles. The van der Waals surface area contributed by atoms with E-state index in [0.717, 1.165) is 37.7 Å². The highest BCUT2D eigenvalue weighted by atomic mass is 35.5. The second-order valence-electron chi connectivity index (χ2n) is 6.21. The molecule has 1 aliphatic rings. The Morgan fingerprint density at radius 1 is 1.27 bits per heavy atom. The van der Waals surface area contributed by atoms with Gasteiger partial charge < -0.3 is 4.74 Å². The first-order chi connectivity index (χ1) is 10.6. The lowest BCUT2D eigenvalue weighted by Crippen LogP contribution is -2.25. The lowest BCUT2D eigenvalue weighted by molar-refractivity contribution is -0.140. The minimum Gasteiger partial charge on any atom is -0.426 e. The van der Waals surface area contributed by atoms with Crippen LogP contribution in [0.4, 0.5) is 4.39 Å². The molecule has 2 rings (SSSR count). The Bertz CT molecular complexity index is 496. The molecule has 0 unspecified atom stereocenters. The first-order valence-electron chi connectivity index (χ1n) is 8.27. The molecule has 1 aromatic carbocycles. The van der Waals surface area contributed by atoms with Gasteiger partial charge in [0.05, 0.1) is 10.9 Å². The molecule has 1 aliphatic carbocycles. The zero-order valence-corrected chi connectivity index (χ0v) is 13.9. The van der Waals surface area contributed by atoms with Crippen molar-refractivity contribution in [1.82, 2.24) is 0 Å². The van der Waals surface area contributed by atoms with Crippen molar-refractivity contribution >= 4 is 17.6 Å². The number of carbonyl (C=O) groups excluding carboxylic acids is 1. The Balaban J connectivity index is 1.78. The van der Waals surface area contributed by atoms with Crippen LogP contribution in [0.2, 0.25) is 5.02 Å². The van der Waals surface area contributed by atoms with Gasteiger partial charge in [0.15, 0.2) is 0 Å². The van der Waals surface area contributed by atoms with Crippen molar-refractivity contribution in [2.75, 3.05) is 0 Å². The molecule has 0 heterocycles. The quantitative estimate of drug-likeness (QED) is 0.377. The zero-order valence-electron chi connectivity index (χ0n) is 13.1. The van der Waals surface area contributed by atoms with E-state index in [1.165, 1.54) is 37.8 Å². The van der Waals surface area contributed by atoms with E-state index in [0.29, 0.717) is 0 Å².